The van der Waals surface area contributed by atoms with E-state index < -0.39 is 24.3 Å². The van der Waals surface area contributed by atoms with Crippen molar-refractivity contribution in [2.45, 2.75) is 0 Å². The fraction of sp³-hybridized carbons (Fsp3) is 0.182. The van der Waals surface area contributed by atoms with Crippen LogP contribution in [0.1, 0.15) is 10.4 Å². The Morgan fingerprint density at radius 3 is 2.53 bits per heavy atom. The first-order chi connectivity index (χ1) is 8.90. The Kier molecular flexibility index (Phi) is 5.78. The van der Waals surface area contributed by atoms with Crippen LogP contribution in [0.5, 0.6) is 0 Å². The van der Waals surface area contributed by atoms with Crippen molar-refractivity contribution in [2.24, 2.45) is 0 Å². The van der Waals surface area contributed by atoms with Gasteiger partial charge in [-0.3, -0.25) is 14.4 Å². The van der Waals surface area contributed by atoms with Crippen LogP contribution in [0.2, 0.25) is 5.02 Å². The summed E-state index contributed by atoms with van der Waals surface area (Å²) in [6.45, 7) is -0.805. The Morgan fingerprint density at radius 1 is 1.21 bits per heavy atom. The first-order valence-corrected chi connectivity index (χ1v) is 6.29. The fourth-order valence-corrected chi connectivity index (χ4v) is 1.76. The summed E-state index contributed by atoms with van der Waals surface area (Å²) in [6.07, 6.45) is 0. The van der Waals surface area contributed by atoms with E-state index in [-0.39, 0.29) is 6.54 Å². The van der Waals surface area contributed by atoms with E-state index >= 15 is 0 Å². The van der Waals surface area contributed by atoms with Gasteiger partial charge in [0.15, 0.2) is 0 Å². The molecule has 2 amide bonds. The summed E-state index contributed by atoms with van der Waals surface area (Å²) >= 11 is 8.95. The molecule has 0 aliphatic rings. The van der Waals surface area contributed by atoms with Crippen LogP contribution >= 0.6 is 27.5 Å². The van der Waals surface area contributed by atoms with Gasteiger partial charge < -0.3 is 15.7 Å². The number of hydrogen-bond donors (Lipinski definition) is 3. The third-order valence-electron chi connectivity index (χ3n) is 2.02. The third kappa shape index (κ3) is 5.27. The molecule has 0 bridgehead atoms. The average molecular weight is 350 g/mol. The Morgan fingerprint density at radius 2 is 1.89 bits per heavy atom. The van der Waals surface area contributed by atoms with Gasteiger partial charge in [0.1, 0.15) is 6.54 Å². The van der Waals surface area contributed by atoms with Crippen molar-refractivity contribution in [1.29, 1.82) is 0 Å². The van der Waals surface area contributed by atoms with E-state index in [1.165, 1.54) is 6.07 Å². The maximum absolute atomic E-state index is 11.8. The third-order valence-corrected chi connectivity index (χ3v) is 2.95. The van der Waals surface area contributed by atoms with E-state index in [9.17, 15) is 14.4 Å². The molecule has 0 radical (unpaired) electrons. The molecule has 0 saturated carbocycles. The van der Waals surface area contributed by atoms with Crippen molar-refractivity contribution in [3.8, 4) is 0 Å². The van der Waals surface area contributed by atoms with Crippen LogP contribution < -0.4 is 10.6 Å². The molecule has 102 valence electrons. The SMILES string of the molecule is O=C(O)CNC(=O)CNC(=O)c1cc(Cl)ccc1Br. The van der Waals surface area contributed by atoms with Gasteiger partial charge in [-0.05, 0) is 34.1 Å². The number of amides is 2. The van der Waals surface area contributed by atoms with Crippen LogP contribution in [0.25, 0.3) is 0 Å². The van der Waals surface area contributed by atoms with E-state index in [1.54, 1.807) is 12.1 Å². The number of carbonyl (C=O) groups is 3. The van der Waals surface area contributed by atoms with Crippen LogP contribution in [0.4, 0.5) is 0 Å². The summed E-state index contributed by atoms with van der Waals surface area (Å²) in [5, 5.41) is 13.2. The van der Waals surface area contributed by atoms with Crippen molar-refractivity contribution < 1.29 is 19.5 Å². The predicted molar refractivity (Wildman–Crippen MR) is 72.1 cm³/mol. The maximum Gasteiger partial charge on any atom is 0.322 e. The minimum absolute atomic E-state index is 0.290. The molecule has 1 aromatic carbocycles. The minimum atomic E-state index is -1.16. The van der Waals surface area contributed by atoms with Crippen molar-refractivity contribution >= 4 is 45.3 Å². The number of benzene rings is 1. The van der Waals surface area contributed by atoms with Crippen molar-refractivity contribution in [2.75, 3.05) is 13.1 Å². The number of aliphatic carboxylic acids is 1. The lowest BCUT2D eigenvalue weighted by Crippen LogP contribution is -2.39. The molecule has 6 nitrogen and oxygen atoms in total. The number of carbonyl (C=O) groups excluding carboxylic acids is 2. The molecule has 0 aliphatic carbocycles. The zero-order chi connectivity index (χ0) is 14.4. The Bertz CT molecular complexity index is 521. The first kappa shape index (κ1) is 15.5. The molecule has 0 aromatic heterocycles. The molecule has 0 aliphatic heterocycles. The van der Waals surface area contributed by atoms with Crippen molar-refractivity contribution in [1.82, 2.24) is 10.6 Å². The largest absolute Gasteiger partial charge is 0.480 e. The van der Waals surface area contributed by atoms with Gasteiger partial charge in [0.05, 0.1) is 12.1 Å². The van der Waals surface area contributed by atoms with E-state index in [0.29, 0.717) is 15.1 Å². The highest BCUT2D eigenvalue weighted by molar-refractivity contribution is 9.10. The van der Waals surface area contributed by atoms with Crippen LogP contribution in [0.15, 0.2) is 22.7 Å². The molecule has 0 saturated heterocycles. The molecule has 0 heterocycles. The number of hydrogen-bond acceptors (Lipinski definition) is 3. The van der Waals surface area contributed by atoms with Gasteiger partial charge in [0.25, 0.3) is 5.91 Å². The summed E-state index contributed by atoms with van der Waals surface area (Å²) in [5.74, 6) is -2.23. The molecule has 19 heavy (non-hydrogen) atoms. The van der Waals surface area contributed by atoms with Crippen molar-refractivity contribution in [3.05, 3.63) is 33.3 Å². The zero-order valence-electron chi connectivity index (χ0n) is 9.57. The lowest BCUT2D eigenvalue weighted by Gasteiger charge is -2.07. The van der Waals surface area contributed by atoms with E-state index in [1.807, 2.05) is 0 Å². The van der Waals surface area contributed by atoms with Gasteiger partial charge in [-0.1, -0.05) is 11.6 Å². The van der Waals surface area contributed by atoms with Gasteiger partial charge in [-0.15, -0.1) is 0 Å². The minimum Gasteiger partial charge on any atom is -0.480 e. The maximum atomic E-state index is 11.8. The van der Waals surface area contributed by atoms with E-state index in [4.69, 9.17) is 16.7 Å². The second-order valence-corrected chi connectivity index (χ2v) is 4.77. The Labute approximate surface area is 122 Å². The topological polar surface area (TPSA) is 95.5 Å². The molecule has 1 rings (SSSR count). The molecule has 1 aromatic rings. The van der Waals surface area contributed by atoms with Crippen molar-refractivity contribution in [3.63, 3.8) is 0 Å². The van der Waals surface area contributed by atoms with Crippen LogP contribution in [-0.2, 0) is 9.59 Å². The fourth-order valence-electron chi connectivity index (χ4n) is 1.16. The molecule has 8 heteroatoms. The van der Waals surface area contributed by atoms with Gasteiger partial charge in [-0.25, -0.2) is 0 Å². The lowest BCUT2D eigenvalue weighted by molar-refractivity contribution is -0.137. The smallest absolute Gasteiger partial charge is 0.322 e. The molecule has 0 fully saturated rings. The molecule has 0 atom stereocenters. The molecular formula is C11H10BrClN2O4. The highest BCUT2D eigenvalue weighted by Crippen LogP contribution is 2.20. The summed E-state index contributed by atoms with van der Waals surface area (Å²) in [4.78, 5) is 33.2. The Balaban J connectivity index is 2.53. The number of rotatable bonds is 5. The number of carboxylic acid groups (broad SMARTS) is 1. The van der Waals surface area contributed by atoms with Gasteiger partial charge >= 0.3 is 5.97 Å². The van der Waals surface area contributed by atoms with Gasteiger partial charge in [0.2, 0.25) is 5.91 Å². The number of halogens is 2. The standard InChI is InChI=1S/C11H10BrClN2O4/c12-8-2-1-6(13)3-7(8)11(19)15-4-9(16)14-5-10(17)18/h1-3H,4-5H2,(H,14,16)(H,15,19)(H,17,18). The molecule has 0 unspecified atom stereocenters. The highest BCUT2D eigenvalue weighted by atomic mass is 79.9. The highest BCUT2D eigenvalue weighted by Gasteiger charge is 2.12. The number of carboxylic acids is 1. The average Bonchev–Trinajstić information content (AvgIpc) is 2.36. The monoisotopic (exact) mass is 348 g/mol. The summed E-state index contributed by atoms with van der Waals surface area (Å²) in [5.41, 5.74) is 0.290. The first-order valence-electron chi connectivity index (χ1n) is 5.12. The predicted octanol–water partition coefficient (Wildman–Crippen LogP) is 1.03. The van der Waals surface area contributed by atoms with Crippen LogP contribution in [-0.4, -0.2) is 36.0 Å². The summed E-state index contributed by atoms with van der Waals surface area (Å²) in [6, 6.07) is 4.68. The summed E-state index contributed by atoms with van der Waals surface area (Å²) in [7, 11) is 0. The Hall–Kier alpha value is -1.60. The second-order valence-electron chi connectivity index (χ2n) is 3.48. The normalized spacial score (nSPS) is 9.79. The van der Waals surface area contributed by atoms with E-state index in [0.717, 1.165) is 0 Å². The molecule has 3 N–H and O–H groups in total. The van der Waals surface area contributed by atoms with E-state index in [2.05, 4.69) is 26.6 Å². The molecule has 0 spiro atoms. The lowest BCUT2D eigenvalue weighted by atomic mass is 10.2. The molecular weight excluding hydrogens is 339 g/mol. The van der Waals surface area contributed by atoms with Crippen LogP contribution in [0, 0.1) is 0 Å². The second kappa shape index (κ2) is 7.10. The quantitative estimate of drug-likeness (QED) is 0.740. The number of nitrogens with one attached hydrogen (secondary N) is 2. The van der Waals surface area contributed by atoms with Crippen LogP contribution in [0.3, 0.4) is 0 Å². The van der Waals surface area contributed by atoms with Gasteiger partial charge in [-0.2, -0.15) is 0 Å². The summed E-state index contributed by atoms with van der Waals surface area (Å²) < 4.78 is 0.542. The van der Waals surface area contributed by atoms with Gasteiger partial charge in [0, 0.05) is 9.50 Å². The zero-order valence-corrected chi connectivity index (χ0v) is 11.9.